The highest BCUT2D eigenvalue weighted by Crippen LogP contribution is 2.32. The normalized spacial score (nSPS) is 18.1. The molecular formula is C15H17Br2NO4. The highest BCUT2D eigenvalue weighted by molar-refractivity contribution is 9.11. The summed E-state index contributed by atoms with van der Waals surface area (Å²) in [6.07, 6.45) is 1.33. The summed E-state index contributed by atoms with van der Waals surface area (Å²) < 4.78 is 7.33. The minimum atomic E-state index is -0.843. The van der Waals surface area contributed by atoms with Gasteiger partial charge in [-0.1, -0.05) is 15.9 Å². The molecule has 0 radical (unpaired) electrons. The maximum atomic E-state index is 12.2. The molecule has 0 bridgehead atoms. The van der Waals surface area contributed by atoms with Crippen molar-refractivity contribution in [2.75, 3.05) is 19.7 Å². The number of rotatable bonds is 4. The van der Waals surface area contributed by atoms with Crippen LogP contribution in [0.1, 0.15) is 18.4 Å². The number of ether oxygens (including phenoxy) is 1. The first-order valence-corrected chi connectivity index (χ1v) is 8.56. The molecule has 0 aromatic heterocycles. The van der Waals surface area contributed by atoms with Crippen molar-refractivity contribution in [2.45, 2.75) is 19.8 Å². The molecule has 0 saturated carbocycles. The van der Waals surface area contributed by atoms with Crippen molar-refractivity contribution in [3.63, 3.8) is 0 Å². The van der Waals surface area contributed by atoms with Crippen LogP contribution in [0.25, 0.3) is 0 Å². The molecule has 1 amide bonds. The highest BCUT2D eigenvalue weighted by Gasteiger charge is 2.28. The van der Waals surface area contributed by atoms with E-state index in [0.717, 1.165) is 14.5 Å². The summed E-state index contributed by atoms with van der Waals surface area (Å²) >= 11 is 6.81. The predicted molar refractivity (Wildman–Crippen MR) is 89.0 cm³/mol. The molecule has 5 nitrogen and oxygen atoms in total. The van der Waals surface area contributed by atoms with E-state index in [1.54, 1.807) is 4.90 Å². The lowest BCUT2D eigenvalue weighted by Gasteiger charge is -2.30. The van der Waals surface area contributed by atoms with Crippen LogP contribution in [0.3, 0.4) is 0 Å². The summed E-state index contributed by atoms with van der Waals surface area (Å²) in [5, 5.41) is 9.06. The van der Waals surface area contributed by atoms with Crippen LogP contribution in [-0.2, 0) is 9.59 Å². The summed E-state index contributed by atoms with van der Waals surface area (Å²) in [5.74, 6) is -0.868. The molecule has 7 heteroatoms. The van der Waals surface area contributed by atoms with Gasteiger partial charge in [0.25, 0.3) is 5.91 Å². The van der Waals surface area contributed by atoms with Crippen LogP contribution in [0.2, 0.25) is 0 Å². The number of amides is 1. The van der Waals surface area contributed by atoms with E-state index in [2.05, 4.69) is 31.9 Å². The number of carboxylic acids is 1. The Morgan fingerprint density at radius 2 is 2.14 bits per heavy atom. The number of carbonyl (C=O) groups is 2. The van der Waals surface area contributed by atoms with Crippen LogP contribution in [-0.4, -0.2) is 41.6 Å². The molecule has 2 rings (SSSR count). The van der Waals surface area contributed by atoms with E-state index >= 15 is 0 Å². The smallest absolute Gasteiger partial charge is 0.308 e. The van der Waals surface area contributed by atoms with Gasteiger partial charge in [-0.3, -0.25) is 9.59 Å². The third kappa shape index (κ3) is 4.23. The average Bonchev–Trinajstić information content (AvgIpc) is 2.46. The fraction of sp³-hybridized carbons (Fsp3) is 0.467. The lowest BCUT2D eigenvalue weighted by molar-refractivity contribution is -0.146. The minimum absolute atomic E-state index is 0.0899. The molecule has 1 heterocycles. The van der Waals surface area contributed by atoms with Crippen molar-refractivity contribution in [3.8, 4) is 5.75 Å². The van der Waals surface area contributed by atoms with Crippen molar-refractivity contribution in [1.29, 1.82) is 0 Å². The summed E-state index contributed by atoms with van der Waals surface area (Å²) in [4.78, 5) is 24.8. The maximum Gasteiger partial charge on any atom is 0.308 e. The molecule has 1 aliphatic heterocycles. The average molecular weight is 435 g/mol. The van der Waals surface area contributed by atoms with Gasteiger partial charge in [-0.25, -0.2) is 0 Å². The molecule has 1 aromatic rings. The zero-order valence-electron chi connectivity index (χ0n) is 12.1. The molecule has 22 heavy (non-hydrogen) atoms. The van der Waals surface area contributed by atoms with Crippen molar-refractivity contribution in [3.05, 3.63) is 26.6 Å². The van der Waals surface area contributed by atoms with Crippen LogP contribution in [0.5, 0.6) is 5.75 Å². The van der Waals surface area contributed by atoms with Crippen LogP contribution in [0, 0.1) is 12.8 Å². The number of hydrogen-bond donors (Lipinski definition) is 1. The molecule has 1 N–H and O–H groups in total. The Labute approximate surface area is 145 Å². The molecule has 1 unspecified atom stereocenters. The van der Waals surface area contributed by atoms with Gasteiger partial charge in [-0.2, -0.15) is 0 Å². The van der Waals surface area contributed by atoms with E-state index in [1.165, 1.54) is 0 Å². The highest BCUT2D eigenvalue weighted by atomic mass is 79.9. The van der Waals surface area contributed by atoms with Gasteiger partial charge in [-0.05, 0) is 53.4 Å². The molecule has 0 aliphatic carbocycles. The Morgan fingerprint density at radius 1 is 1.41 bits per heavy atom. The van der Waals surface area contributed by atoms with Gasteiger partial charge in [0.1, 0.15) is 5.75 Å². The number of halogens is 2. The van der Waals surface area contributed by atoms with Gasteiger partial charge in [0.2, 0.25) is 0 Å². The standard InChI is InChI=1S/C15H17Br2NO4/c1-9-5-11(16)6-12(17)14(9)22-8-13(19)18-4-2-3-10(7-18)15(20)21/h5-6,10H,2-4,7-8H2,1H3,(H,20,21). The summed E-state index contributed by atoms with van der Waals surface area (Å²) in [6, 6.07) is 3.76. The third-order valence-corrected chi connectivity index (χ3v) is 4.70. The van der Waals surface area contributed by atoms with E-state index in [1.807, 2.05) is 19.1 Å². The monoisotopic (exact) mass is 433 g/mol. The Morgan fingerprint density at radius 3 is 2.77 bits per heavy atom. The number of nitrogens with zero attached hydrogens (tertiary/aromatic N) is 1. The van der Waals surface area contributed by atoms with Crippen LogP contribution < -0.4 is 4.74 Å². The SMILES string of the molecule is Cc1cc(Br)cc(Br)c1OCC(=O)N1CCCC(C(=O)O)C1. The number of hydrogen-bond acceptors (Lipinski definition) is 3. The zero-order chi connectivity index (χ0) is 16.3. The Bertz CT molecular complexity index is 568. The van der Waals surface area contributed by atoms with Gasteiger partial charge < -0.3 is 14.7 Å². The van der Waals surface area contributed by atoms with Gasteiger partial charge in [0.05, 0.1) is 10.4 Å². The van der Waals surface area contributed by atoms with E-state index in [9.17, 15) is 9.59 Å². The Kier molecular flexibility index (Phi) is 5.86. The number of aliphatic carboxylic acids is 1. The third-order valence-electron chi connectivity index (χ3n) is 3.66. The van der Waals surface area contributed by atoms with E-state index in [-0.39, 0.29) is 19.1 Å². The number of carboxylic acid groups (broad SMARTS) is 1. The topological polar surface area (TPSA) is 66.8 Å². The first kappa shape index (κ1) is 17.3. The van der Waals surface area contributed by atoms with Crippen LogP contribution in [0.4, 0.5) is 0 Å². The van der Waals surface area contributed by atoms with Gasteiger partial charge in [-0.15, -0.1) is 0 Å². The second-order valence-electron chi connectivity index (χ2n) is 5.34. The number of aryl methyl sites for hydroxylation is 1. The lowest BCUT2D eigenvalue weighted by Crippen LogP contribution is -2.44. The second-order valence-corrected chi connectivity index (χ2v) is 7.11. The van der Waals surface area contributed by atoms with Crippen LogP contribution >= 0.6 is 31.9 Å². The zero-order valence-corrected chi connectivity index (χ0v) is 15.3. The van der Waals surface area contributed by atoms with Crippen molar-refractivity contribution < 1.29 is 19.4 Å². The van der Waals surface area contributed by atoms with Crippen molar-refractivity contribution in [2.24, 2.45) is 5.92 Å². The first-order chi connectivity index (χ1) is 10.4. The fourth-order valence-corrected chi connectivity index (χ4v) is 4.06. The lowest BCUT2D eigenvalue weighted by atomic mass is 9.98. The first-order valence-electron chi connectivity index (χ1n) is 6.97. The number of benzene rings is 1. The Hall–Kier alpha value is -1.08. The van der Waals surface area contributed by atoms with E-state index < -0.39 is 11.9 Å². The molecule has 0 spiro atoms. The van der Waals surface area contributed by atoms with Gasteiger partial charge in [0, 0.05) is 17.6 Å². The fourth-order valence-electron chi connectivity index (χ4n) is 2.50. The second kappa shape index (κ2) is 7.46. The van der Waals surface area contributed by atoms with Gasteiger partial charge in [0.15, 0.2) is 6.61 Å². The quantitative estimate of drug-likeness (QED) is 0.789. The molecule has 1 fully saturated rings. The summed E-state index contributed by atoms with van der Waals surface area (Å²) in [6.45, 7) is 2.66. The molecule has 120 valence electrons. The van der Waals surface area contributed by atoms with E-state index in [0.29, 0.717) is 25.1 Å². The summed E-state index contributed by atoms with van der Waals surface area (Å²) in [5.41, 5.74) is 0.913. The van der Waals surface area contributed by atoms with Gasteiger partial charge >= 0.3 is 5.97 Å². The van der Waals surface area contributed by atoms with Crippen LogP contribution in [0.15, 0.2) is 21.1 Å². The number of likely N-dealkylation sites (tertiary alicyclic amines) is 1. The predicted octanol–water partition coefficient (Wildman–Crippen LogP) is 3.22. The van der Waals surface area contributed by atoms with E-state index in [4.69, 9.17) is 9.84 Å². The maximum absolute atomic E-state index is 12.2. The molecule has 1 saturated heterocycles. The molecule has 1 aliphatic rings. The van der Waals surface area contributed by atoms with Crippen molar-refractivity contribution in [1.82, 2.24) is 4.90 Å². The molecule has 1 aromatic carbocycles. The number of carbonyl (C=O) groups excluding carboxylic acids is 1. The summed E-state index contributed by atoms with van der Waals surface area (Å²) in [7, 11) is 0. The largest absolute Gasteiger partial charge is 0.482 e. The minimum Gasteiger partial charge on any atom is -0.482 e. The number of piperidine rings is 1. The van der Waals surface area contributed by atoms with Crippen molar-refractivity contribution >= 4 is 43.7 Å². The molecule has 1 atom stereocenters. The molecular weight excluding hydrogens is 418 g/mol. The Balaban J connectivity index is 1.97.